The molecule has 3 aromatic rings. The van der Waals surface area contributed by atoms with Crippen molar-refractivity contribution in [2.75, 3.05) is 18.5 Å². The lowest BCUT2D eigenvalue weighted by atomic mass is 10.1. The molecule has 0 radical (unpaired) electrons. The monoisotopic (exact) mass is 368 g/mol. The zero-order chi connectivity index (χ0) is 18.8. The molecule has 0 fully saturated rings. The summed E-state index contributed by atoms with van der Waals surface area (Å²) in [7, 11) is 0. The Hall–Kier alpha value is -3.35. The quantitative estimate of drug-likeness (QED) is 0.742. The van der Waals surface area contributed by atoms with Gasteiger partial charge in [0.25, 0.3) is 5.56 Å². The number of halogens is 1. The molecule has 2 N–H and O–H groups in total. The van der Waals surface area contributed by atoms with Crippen LogP contribution in [-0.2, 0) is 11.2 Å². The third-order valence-electron chi connectivity index (χ3n) is 4.33. The highest BCUT2D eigenvalue weighted by molar-refractivity contribution is 5.91. The molecular formula is C20H17FN2O4. The van der Waals surface area contributed by atoms with Gasteiger partial charge in [-0.05, 0) is 42.8 Å². The van der Waals surface area contributed by atoms with Crippen molar-refractivity contribution in [2.24, 2.45) is 0 Å². The lowest BCUT2D eigenvalue weighted by Crippen LogP contribution is -2.18. The molecule has 6 nitrogen and oxygen atoms in total. The summed E-state index contributed by atoms with van der Waals surface area (Å²) >= 11 is 0. The van der Waals surface area contributed by atoms with Gasteiger partial charge >= 0.3 is 0 Å². The van der Waals surface area contributed by atoms with Crippen molar-refractivity contribution in [2.45, 2.75) is 12.8 Å². The van der Waals surface area contributed by atoms with Gasteiger partial charge in [0.1, 0.15) is 19.0 Å². The molecule has 138 valence electrons. The topological polar surface area (TPSA) is 80.4 Å². The van der Waals surface area contributed by atoms with Crippen LogP contribution in [0.5, 0.6) is 11.5 Å². The van der Waals surface area contributed by atoms with E-state index in [1.807, 2.05) is 6.07 Å². The van der Waals surface area contributed by atoms with Gasteiger partial charge in [0.05, 0.1) is 5.52 Å². The molecule has 0 bridgehead atoms. The summed E-state index contributed by atoms with van der Waals surface area (Å²) in [6, 6.07) is 10.9. The highest BCUT2D eigenvalue weighted by Gasteiger charge is 2.14. The van der Waals surface area contributed by atoms with E-state index in [1.54, 1.807) is 12.1 Å². The second-order valence-corrected chi connectivity index (χ2v) is 6.26. The number of aromatic nitrogens is 1. The minimum absolute atomic E-state index is 0.135. The second kappa shape index (κ2) is 7.11. The number of carbonyl (C=O) groups is 1. The van der Waals surface area contributed by atoms with Crippen molar-refractivity contribution >= 4 is 22.5 Å². The first kappa shape index (κ1) is 17.1. The molecule has 0 unspecified atom stereocenters. The Balaban J connectivity index is 1.49. The van der Waals surface area contributed by atoms with Gasteiger partial charge in [-0.1, -0.05) is 0 Å². The lowest BCUT2D eigenvalue weighted by molar-refractivity contribution is -0.116. The van der Waals surface area contributed by atoms with E-state index in [9.17, 15) is 14.0 Å². The number of amides is 1. The van der Waals surface area contributed by atoms with Gasteiger partial charge < -0.3 is 19.8 Å². The third-order valence-corrected chi connectivity index (χ3v) is 4.33. The van der Waals surface area contributed by atoms with Crippen molar-refractivity contribution in [3.05, 3.63) is 64.2 Å². The number of anilines is 1. The molecule has 2 heterocycles. The molecule has 0 atom stereocenters. The van der Waals surface area contributed by atoms with Crippen LogP contribution in [0.4, 0.5) is 10.1 Å². The van der Waals surface area contributed by atoms with Crippen molar-refractivity contribution in [3.8, 4) is 11.5 Å². The first-order chi connectivity index (χ1) is 13.1. The van der Waals surface area contributed by atoms with E-state index in [0.717, 1.165) is 5.39 Å². The highest BCUT2D eigenvalue weighted by atomic mass is 19.1. The Bertz CT molecular complexity index is 1060. The molecule has 1 aromatic heterocycles. The van der Waals surface area contributed by atoms with Gasteiger partial charge in [0, 0.05) is 29.1 Å². The molecule has 4 rings (SSSR count). The third kappa shape index (κ3) is 3.76. The Morgan fingerprint density at radius 1 is 1.07 bits per heavy atom. The van der Waals surface area contributed by atoms with Crippen molar-refractivity contribution in [1.82, 2.24) is 4.98 Å². The van der Waals surface area contributed by atoms with Gasteiger partial charge in [-0.3, -0.25) is 9.59 Å². The van der Waals surface area contributed by atoms with Crippen LogP contribution in [0, 0.1) is 5.82 Å². The van der Waals surface area contributed by atoms with Crippen molar-refractivity contribution in [1.29, 1.82) is 0 Å². The highest BCUT2D eigenvalue weighted by Crippen LogP contribution is 2.33. The van der Waals surface area contributed by atoms with E-state index in [1.165, 1.54) is 24.3 Å². The number of hydrogen-bond donors (Lipinski definition) is 2. The number of rotatable bonds is 4. The smallest absolute Gasteiger partial charge is 0.251 e. The molecule has 2 aromatic carbocycles. The zero-order valence-corrected chi connectivity index (χ0v) is 14.4. The largest absolute Gasteiger partial charge is 0.486 e. The fourth-order valence-electron chi connectivity index (χ4n) is 2.98. The Morgan fingerprint density at radius 3 is 2.52 bits per heavy atom. The predicted octanol–water partition coefficient (Wildman–Crippen LogP) is 3.01. The van der Waals surface area contributed by atoms with Gasteiger partial charge in [-0.25, -0.2) is 4.39 Å². The molecule has 1 aliphatic heterocycles. The number of pyridine rings is 1. The van der Waals surface area contributed by atoms with Gasteiger partial charge in [-0.15, -0.1) is 0 Å². The standard InChI is InChI=1S/C20H17FN2O4/c21-14-2-4-15(5-3-14)22-19(24)6-1-12-9-13-10-17-18(27-8-7-26-17)11-16(13)23-20(12)25/h2-5,9-11H,1,6-8H2,(H,22,24)(H,23,25). The fraction of sp³-hybridized carbons (Fsp3) is 0.200. The van der Waals surface area contributed by atoms with Gasteiger partial charge in [-0.2, -0.15) is 0 Å². The van der Waals surface area contributed by atoms with E-state index >= 15 is 0 Å². The summed E-state index contributed by atoms with van der Waals surface area (Å²) in [5.41, 5.74) is 1.43. The SMILES string of the molecule is O=C(CCc1cc2cc3c(cc2[nH]c1=O)OCCO3)Nc1ccc(F)cc1. The van der Waals surface area contributed by atoms with E-state index in [-0.39, 0.29) is 30.1 Å². The number of aryl methyl sites for hydroxylation is 1. The maximum Gasteiger partial charge on any atom is 0.251 e. The molecular weight excluding hydrogens is 351 g/mol. The van der Waals surface area contributed by atoms with Crippen LogP contribution < -0.4 is 20.3 Å². The van der Waals surface area contributed by atoms with Crippen molar-refractivity contribution in [3.63, 3.8) is 0 Å². The number of benzene rings is 2. The molecule has 0 aliphatic carbocycles. The van der Waals surface area contributed by atoms with Gasteiger partial charge in [0.15, 0.2) is 11.5 Å². The number of aromatic amines is 1. The molecule has 0 spiro atoms. The van der Waals surface area contributed by atoms with Crippen LogP contribution >= 0.6 is 0 Å². The summed E-state index contributed by atoms with van der Waals surface area (Å²) < 4.78 is 24.0. The minimum Gasteiger partial charge on any atom is -0.486 e. The van der Waals surface area contributed by atoms with Crippen molar-refractivity contribution < 1.29 is 18.7 Å². The second-order valence-electron chi connectivity index (χ2n) is 6.26. The van der Waals surface area contributed by atoms with E-state index in [4.69, 9.17) is 9.47 Å². The van der Waals surface area contributed by atoms with Gasteiger partial charge in [0.2, 0.25) is 5.91 Å². The summed E-state index contributed by atoms with van der Waals surface area (Å²) in [4.78, 5) is 27.2. The maximum absolute atomic E-state index is 12.9. The molecule has 27 heavy (non-hydrogen) atoms. The summed E-state index contributed by atoms with van der Waals surface area (Å²) in [5.74, 6) is 0.632. The number of H-pyrrole nitrogens is 1. The first-order valence-corrected chi connectivity index (χ1v) is 8.59. The van der Waals surface area contributed by atoms with E-state index in [0.29, 0.717) is 41.5 Å². The molecule has 0 saturated heterocycles. The molecule has 7 heteroatoms. The van der Waals surface area contributed by atoms with Crippen LogP contribution in [-0.4, -0.2) is 24.1 Å². The average molecular weight is 368 g/mol. The van der Waals surface area contributed by atoms with Crippen LogP contribution in [0.1, 0.15) is 12.0 Å². The van der Waals surface area contributed by atoms with Crippen LogP contribution in [0.3, 0.4) is 0 Å². The molecule has 1 aliphatic rings. The van der Waals surface area contributed by atoms with E-state index < -0.39 is 0 Å². The number of nitrogens with one attached hydrogen (secondary N) is 2. The number of ether oxygens (including phenoxy) is 2. The number of fused-ring (bicyclic) bond motifs is 2. The number of hydrogen-bond acceptors (Lipinski definition) is 4. The molecule has 1 amide bonds. The first-order valence-electron chi connectivity index (χ1n) is 8.59. The normalized spacial score (nSPS) is 12.8. The Labute approximate surface area is 153 Å². The van der Waals surface area contributed by atoms with E-state index in [2.05, 4.69) is 10.3 Å². The minimum atomic E-state index is -0.368. The summed E-state index contributed by atoms with van der Waals surface area (Å²) in [6.45, 7) is 0.961. The summed E-state index contributed by atoms with van der Waals surface area (Å²) in [5, 5.41) is 3.50. The predicted molar refractivity (Wildman–Crippen MR) is 98.9 cm³/mol. The van der Waals surface area contributed by atoms with Crippen LogP contribution in [0.25, 0.3) is 10.9 Å². The maximum atomic E-state index is 12.9. The molecule has 0 saturated carbocycles. The Morgan fingerprint density at radius 2 is 1.78 bits per heavy atom. The average Bonchev–Trinajstić information content (AvgIpc) is 2.66. The lowest BCUT2D eigenvalue weighted by Gasteiger charge is -2.18. The number of carbonyl (C=O) groups excluding carboxylic acids is 1. The van der Waals surface area contributed by atoms with Crippen LogP contribution in [0.15, 0.2) is 47.3 Å². The zero-order valence-electron chi connectivity index (χ0n) is 14.4. The fourth-order valence-corrected chi connectivity index (χ4v) is 2.98. The Kier molecular flexibility index (Phi) is 4.50. The van der Waals surface area contributed by atoms with Crippen LogP contribution in [0.2, 0.25) is 0 Å². The summed E-state index contributed by atoms with van der Waals surface area (Å²) in [6.07, 6.45) is 0.420.